The fourth-order valence-electron chi connectivity index (χ4n) is 6.05. The average Bonchev–Trinajstić information content (AvgIpc) is 3.08. The third-order valence-electron chi connectivity index (χ3n) is 7.27. The normalized spacial score (nSPS) is 30.4. The molecule has 0 saturated carbocycles. The van der Waals surface area contributed by atoms with Crippen molar-refractivity contribution in [3.8, 4) is 0 Å². The molecule has 2 aromatic rings. The van der Waals surface area contributed by atoms with Gasteiger partial charge in [0, 0.05) is 45.0 Å². The van der Waals surface area contributed by atoms with Crippen molar-refractivity contribution < 1.29 is 4.79 Å². The quantitative estimate of drug-likeness (QED) is 0.820. The van der Waals surface area contributed by atoms with Crippen molar-refractivity contribution >= 4 is 16.9 Å². The molecule has 2 bridgehead atoms. The molecule has 0 aliphatic carbocycles. The molecule has 1 amide bonds. The summed E-state index contributed by atoms with van der Waals surface area (Å²) < 4.78 is 1.79. The van der Waals surface area contributed by atoms with Crippen molar-refractivity contribution in [2.75, 3.05) is 19.6 Å². The molecular formula is C22H31N5O. The lowest BCUT2D eigenvalue weighted by Gasteiger charge is -2.55. The van der Waals surface area contributed by atoms with Crippen LogP contribution in [0.4, 0.5) is 0 Å². The highest BCUT2D eigenvalue weighted by molar-refractivity contribution is 5.96. The van der Waals surface area contributed by atoms with Gasteiger partial charge >= 0.3 is 0 Å². The van der Waals surface area contributed by atoms with E-state index in [1.165, 1.54) is 45.1 Å². The summed E-state index contributed by atoms with van der Waals surface area (Å²) in [5, 5.41) is 4.25. The van der Waals surface area contributed by atoms with Gasteiger partial charge < -0.3 is 4.90 Å². The molecule has 0 spiro atoms. The van der Waals surface area contributed by atoms with Gasteiger partial charge in [0.2, 0.25) is 0 Å². The molecular weight excluding hydrogens is 350 g/mol. The van der Waals surface area contributed by atoms with Crippen LogP contribution in [0.1, 0.15) is 55.8 Å². The predicted octanol–water partition coefficient (Wildman–Crippen LogP) is 3.08. The molecule has 5 rings (SSSR count). The molecule has 4 atom stereocenters. The number of aromatic nitrogens is 3. The van der Waals surface area contributed by atoms with E-state index in [0.717, 1.165) is 30.2 Å². The smallest absolute Gasteiger partial charge is 0.255 e. The second-order valence-electron chi connectivity index (χ2n) is 9.11. The number of aryl methyl sites for hydroxylation is 1. The summed E-state index contributed by atoms with van der Waals surface area (Å²) in [5.41, 5.74) is 2.46. The van der Waals surface area contributed by atoms with Gasteiger partial charge in [0.1, 0.15) is 5.52 Å². The number of rotatable bonds is 3. The first-order valence-corrected chi connectivity index (χ1v) is 11.0. The van der Waals surface area contributed by atoms with Gasteiger partial charge in [-0.05, 0) is 43.6 Å². The standard InChI is InChI=1S/C22H31N5O/c1-3-5-18-6-4-7-20-17-8-15(13-27(18)20)12-26(14-17)22(28)16-9-21-19(23-10-16)11-24-25(21)2/h9-11,15,17-18,20H,3-8,12-14H2,1-2H3/t15-,17+,18-,20-/m0/s1. The molecule has 2 aromatic heterocycles. The van der Waals surface area contributed by atoms with Gasteiger partial charge in [-0.3, -0.25) is 19.4 Å². The van der Waals surface area contributed by atoms with Crippen molar-refractivity contribution in [2.45, 2.75) is 57.5 Å². The van der Waals surface area contributed by atoms with Gasteiger partial charge in [-0.1, -0.05) is 19.8 Å². The highest BCUT2D eigenvalue weighted by atomic mass is 16.2. The number of hydrogen-bond acceptors (Lipinski definition) is 4. The lowest BCUT2D eigenvalue weighted by Crippen LogP contribution is -2.62. The van der Waals surface area contributed by atoms with E-state index in [1.54, 1.807) is 17.1 Å². The van der Waals surface area contributed by atoms with Gasteiger partial charge in [-0.15, -0.1) is 0 Å². The highest BCUT2D eigenvalue weighted by Gasteiger charge is 2.45. The van der Waals surface area contributed by atoms with Crippen LogP contribution in [0.5, 0.6) is 0 Å². The molecule has 6 nitrogen and oxygen atoms in total. The van der Waals surface area contributed by atoms with Crippen molar-refractivity contribution in [3.05, 3.63) is 24.0 Å². The first-order chi connectivity index (χ1) is 13.6. The molecule has 3 aliphatic heterocycles. The minimum atomic E-state index is 0.139. The zero-order chi connectivity index (χ0) is 19.3. The van der Waals surface area contributed by atoms with Gasteiger partial charge in [-0.2, -0.15) is 5.10 Å². The topological polar surface area (TPSA) is 54.3 Å². The minimum absolute atomic E-state index is 0.139. The number of hydrogen-bond donors (Lipinski definition) is 0. The maximum absolute atomic E-state index is 13.3. The number of carbonyl (C=O) groups excluding carboxylic acids is 1. The van der Waals surface area contributed by atoms with Crippen LogP contribution in [0.15, 0.2) is 18.5 Å². The van der Waals surface area contributed by atoms with E-state index in [9.17, 15) is 4.79 Å². The monoisotopic (exact) mass is 381 g/mol. The first-order valence-electron chi connectivity index (χ1n) is 11.0. The molecule has 3 fully saturated rings. The fourth-order valence-corrected chi connectivity index (χ4v) is 6.05. The molecule has 0 aromatic carbocycles. The highest BCUT2D eigenvalue weighted by Crippen LogP contribution is 2.40. The Morgan fingerprint density at radius 2 is 2.11 bits per heavy atom. The summed E-state index contributed by atoms with van der Waals surface area (Å²) >= 11 is 0. The number of nitrogens with zero attached hydrogens (tertiary/aromatic N) is 5. The summed E-state index contributed by atoms with van der Waals surface area (Å²) in [7, 11) is 1.90. The van der Waals surface area contributed by atoms with Crippen LogP contribution in [-0.4, -0.2) is 62.2 Å². The fraction of sp³-hybridized carbons (Fsp3) is 0.682. The summed E-state index contributed by atoms with van der Waals surface area (Å²) in [6.07, 6.45) is 11.4. The van der Waals surface area contributed by atoms with Crippen LogP contribution in [-0.2, 0) is 7.05 Å². The second-order valence-corrected chi connectivity index (χ2v) is 9.11. The molecule has 28 heavy (non-hydrogen) atoms. The van der Waals surface area contributed by atoms with E-state index >= 15 is 0 Å². The van der Waals surface area contributed by atoms with Crippen molar-refractivity contribution in [3.63, 3.8) is 0 Å². The SMILES string of the molecule is CCC[C@H]1CCC[C@H]2[C@@H]3C[C@@H](CN(C(=O)c4cnc5cnn(C)c5c4)C3)CN12. The van der Waals surface area contributed by atoms with Crippen molar-refractivity contribution in [2.24, 2.45) is 18.9 Å². The van der Waals surface area contributed by atoms with Gasteiger partial charge in [0.05, 0.1) is 17.3 Å². The van der Waals surface area contributed by atoms with Gasteiger partial charge in [-0.25, -0.2) is 0 Å². The molecule has 0 unspecified atom stereocenters. The number of amides is 1. The Morgan fingerprint density at radius 1 is 1.21 bits per heavy atom. The zero-order valence-electron chi connectivity index (χ0n) is 17.0. The number of fused-ring (bicyclic) bond motifs is 5. The van der Waals surface area contributed by atoms with Crippen LogP contribution < -0.4 is 0 Å². The third-order valence-corrected chi connectivity index (χ3v) is 7.27. The van der Waals surface area contributed by atoms with Crippen LogP contribution in [0.25, 0.3) is 11.0 Å². The van der Waals surface area contributed by atoms with E-state index < -0.39 is 0 Å². The van der Waals surface area contributed by atoms with E-state index in [4.69, 9.17) is 0 Å². The Balaban J connectivity index is 1.35. The minimum Gasteiger partial charge on any atom is -0.338 e. The van der Waals surface area contributed by atoms with Crippen LogP contribution in [0.3, 0.4) is 0 Å². The maximum atomic E-state index is 13.3. The molecule has 5 heterocycles. The van der Waals surface area contributed by atoms with Crippen LogP contribution >= 0.6 is 0 Å². The molecule has 6 heteroatoms. The average molecular weight is 382 g/mol. The van der Waals surface area contributed by atoms with Crippen molar-refractivity contribution in [1.29, 1.82) is 0 Å². The lowest BCUT2D eigenvalue weighted by atomic mass is 9.74. The molecule has 0 radical (unpaired) electrons. The summed E-state index contributed by atoms with van der Waals surface area (Å²) in [5.74, 6) is 1.38. The van der Waals surface area contributed by atoms with Gasteiger partial charge in [0.25, 0.3) is 5.91 Å². The Morgan fingerprint density at radius 3 is 2.96 bits per heavy atom. The van der Waals surface area contributed by atoms with Crippen molar-refractivity contribution in [1.82, 2.24) is 24.6 Å². The summed E-state index contributed by atoms with van der Waals surface area (Å²) in [6, 6.07) is 3.40. The Kier molecular flexibility index (Phi) is 4.62. The van der Waals surface area contributed by atoms with E-state index in [1.807, 2.05) is 13.1 Å². The Hall–Kier alpha value is -1.95. The zero-order valence-corrected chi connectivity index (χ0v) is 17.0. The Bertz CT molecular complexity index is 875. The number of carbonyl (C=O) groups is 1. The second kappa shape index (κ2) is 7.14. The number of piperidine rings is 3. The molecule has 3 saturated heterocycles. The van der Waals surface area contributed by atoms with Crippen LogP contribution in [0, 0.1) is 11.8 Å². The molecule has 150 valence electrons. The van der Waals surface area contributed by atoms with E-state index in [2.05, 4.69) is 26.8 Å². The third kappa shape index (κ3) is 3.02. The summed E-state index contributed by atoms with van der Waals surface area (Å²) in [4.78, 5) is 22.7. The lowest BCUT2D eigenvalue weighted by molar-refractivity contribution is -0.0519. The Labute approximate surface area is 166 Å². The summed E-state index contributed by atoms with van der Waals surface area (Å²) in [6.45, 7) is 5.27. The van der Waals surface area contributed by atoms with Crippen LogP contribution in [0.2, 0.25) is 0 Å². The largest absolute Gasteiger partial charge is 0.338 e. The predicted molar refractivity (Wildman–Crippen MR) is 109 cm³/mol. The number of likely N-dealkylation sites (tertiary alicyclic amines) is 1. The van der Waals surface area contributed by atoms with E-state index in [0.29, 0.717) is 23.4 Å². The molecule has 0 N–H and O–H groups in total. The first kappa shape index (κ1) is 18.1. The van der Waals surface area contributed by atoms with E-state index in [-0.39, 0.29) is 5.91 Å². The maximum Gasteiger partial charge on any atom is 0.255 e. The molecule has 3 aliphatic rings. The van der Waals surface area contributed by atoms with Gasteiger partial charge in [0.15, 0.2) is 0 Å². The number of pyridine rings is 1.